The van der Waals surface area contributed by atoms with Crippen molar-refractivity contribution < 1.29 is 19.1 Å². The van der Waals surface area contributed by atoms with Crippen LogP contribution in [0.2, 0.25) is 10.0 Å². The molecule has 0 aromatic heterocycles. The molecule has 1 N–H and O–H groups in total. The summed E-state index contributed by atoms with van der Waals surface area (Å²) >= 11 is 11.9. The summed E-state index contributed by atoms with van der Waals surface area (Å²) in [4.78, 5) is 16.9. The lowest BCUT2D eigenvalue weighted by molar-refractivity contribution is -0.152. The summed E-state index contributed by atoms with van der Waals surface area (Å²) in [6.45, 7) is 1.26. The Morgan fingerprint density at radius 2 is 2.09 bits per heavy atom. The highest BCUT2D eigenvalue weighted by atomic mass is 35.5. The molecule has 1 saturated heterocycles. The molecule has 0 spiro atoms. The van der Waals surface area contributed by atoms with E-state index in [4.69, 9.17) is 37.5 Å². The molecule has 0 radical (unpaired) electrons. The summed E-state index contributed by atoms with van der Waals surface area (Å²) in [7, 11) is 1.49. The van der Waals surface area contributed by atoms with E-state index < -0.39 is 0 Å². The van der Waals surface area contributed by atoms with Crippen molar-refractivity contribution in [1.29, 1.82) is 0 Å². The average Bonchev–Trinajstić information content (AvgIpc) is 2.55. The van der Waals surface area contributed by atoms with Gasteiger partial charge in [0.25, 0.3) is 0 Å². The Morgan fingerprint density at radius 3 is 2.74 bits per heavy atom. The van der Waals surface area contributed by atoms with E-state index in [1.807, 2.05) is 0 Å². The van der Waals surface area contributed by atoms with Crippen molar-refractivity contribution in [2.45, 2.75) is 25.4 Å². The summed E-state index contributed by atoms with van der Waals surface area (Å²) in [6, 6.07) is 5.17. The fourth-order valence-corrected chi connectivity index (χ4v) is 2.50. The molecule has 1 aliphatic heterocycles. The fraction of sp³-hybridized carbons (Fsp3) is 0.438. The van der Waals surface area contributed by atoms with Gasteiger partial charge in [-0.2, -0.15) is 0 Å². The third-order valence-electron chi connectivity index (χ3n) is 3.38. The fourth-order valence-electron chi connectivity index (χ4n) is 2.21. The van der Waals surface area contributed by atoms with E-state index >= 15 is 0 Å². The average molecular weight is 360 g/mol. The number of ether oxygens (including phenoxy) is 2. The van der Waals surface area contributed by atoms with Crippen molar-refractivity contribution >= 4 is 34.9 Å². The first kappa shape index (κ1) is 18.1. The number of esters is 1. The third-order valence-corrected chi connectivity index (χ3v) is 4.12. The Balaban J connectivity index is 1.99. The van der Waals surface area contributed by atoms with Gasteiger partial charge >= 0.3 is 5.97 Å². The van der Waals surface area contributed by atoms with Crippen LogP contribution in [0.25, 0.3) is 5.70 Å². The molecule has 23 heavy (non-hydrogen) atoms. The predicted octanol–water partition coefficient (Wildman–Crippen LogP) is 3.60. The number of hydrogen-bond donors (Lipinski definition) is 1. The van der Waals surface area contributed by atoms with Gasteiger partial charge in [-0.3, -0.25) is 15.1 Å². The molecule has 0 amide bonds. The summed E-state index contributed by atoms with van der Waals surface area (Å²) in [6.07, 6.45) is 3.25. The first-order chi connectivity index (χ1) is 11.1. The number of hydrogen-bond acceptors (Lipinski definition) is 5. The minimum atomic E-state index is -0.285. The van der Waals surface area contributed by atoms with Gasteiger partial charge in [0.1, 0.15) is 6.10 Å². The molecule has 5 nitrogen and oxygen atoms in total. The Labute approximate surface area is 145 Å². The Morgan fingerprint density at radius 1 is 1.35 bits per heavy atom. The number of carbonyl (C=O) groups excluding carboxylic acids is 1. The molecule has 0 atom stereocenters. The van der Waals surface area contributed by atoms with Crippen LogP contribution in [0.5, 0.6) is 0 Å². The zero-order valence-electron chi connectivity index (χ0n) is 12.8. The summed E-state index contributed by atoms with van der Waals surface area (Å²) < 4.78 is 10.7. The standard InChI is InChI=1S/C16H19Cl2NO4/c1-21-19-15(11-2-3-13(17)14(18)10-11)4-5-16(20)23-12-6-8-22-9-7-12/h2-4,10,12,19H,5-9H2,1H3/b15-4-. The van der Waals surface area contributed by atoms with Crippen LogP contribution in [0.3, 0.4) is 0 Å². The highest BCUT2D eigenvalue weighted by Gasteiger charge is 2.17. The largest absolute Gasteiger partial charge is 0.462 e. The van der Waals surface area contributed by atoms with Crippen molar-refractivity contribution in [1.82, 2.24) is 5.48 Å². The van der Waals surface area contributed by atoms with E-state index in [0.29, 0.717) is 29.0 Å². The van der Waals surface area contributed by atoms with Crippen molar-refractivity contribution in [3.63, 3.8) is 0 Å². The van der Waals surface area contributed by atoms with Gasteiger partial charge in [0.05, 0.1) is 42.5 Å². The molecule has 2 rings (SSSR count). The number of carbonyl (C=O) groups is 1. The van der Waals surface area contributed by atoms with Gasteiger partial charge in [-0.25, -0.2) is 0 Å². The van der Waals surface area contributed by atoms with Crippen molar-refractivity contribution in [2.24, 2.45) is 0 Å². The van der Waals surface area contributed by atoms with Crippen molar-refractivity contribution in [3.05, 3.63) is 39.9 Å². The van der Waals surface area contributed by atoms with E-state index in [-0.39, 0.29) is 18.5 Å². The minimum absolute atomic E-state index is 0.0616. The molecule has 0 aliphatic carbocycles. The van der Waals surface area contributed by atoms with Crippen LogP contribution in [0.1, 0.15) is 24.8 Å². The second kappa shape index (κ2) is 9.13. The molecule has 1 aromatic carbocycles. The quantitative estimate of drug-likeness (QED) is 0.621. The van der Waals surface area contributed by atoms with Crippen LogP contribution in [0, 0.1) is 0 Å². The molecule has 1 fully saturated rings. The van der Waals surface area contributed by atoms with Gasteiger partial charge in [-0.05, 0) is 18.2 Å². The molecule has 126 valence electrons. The van der Waals surface area contributed by atoms with Crippen LogP contribution >= 0.6 is 23.2 Å². The predicted molar refractivity (Wildman–Crippen MR) is 89.1 cm³/mol. The van der Waals surface area contributed by atoms with Crippen molar-refractivity contribution in [2.75, 3.05) is 20.3 Å². The van der Waals surface area contributed by atoms with E-state index in [1.54, 1.807) is 24.3 Å². The molecule has 1 aromatic rings. The third kappa shape index (κ3) is 5.70. The summed E-state index contributed by atoms with van der Waals surface area (Å²) in [5.41, 5.74) is 4.12. The van der Waals surface area contributed by atoms with Gasteiger partial charge in [0, 0.05) is 18.4 Å². The number of benzene rings is 1. The molecule has 7 heteroatoms. The molecule has 1 aliphatic rings. The maximum absolute atomic E-state index is 11.9. The molecule has 0 saturated carbocycles. The molecular formula is C16H19Cl2NO4. The van der Waals surface area contributed by atoms with Crippen LogP contribution in [0.4, 0.5) is 0 Å². The van der Waals surface area contributed by atoms with E-state index in [0.717, 1.165) is 18.4 Å². The number of nitrogens with one attached hydrogen (secondary N) is 1. The Bertz CT molecular complexity index is 571. The Kier molecular flexibility index (Phi) is 7.17. The summed E-state index contributed by atoms with van der Waals surface area (Å²) in [5.74, 6) is -0.285. The number of hydroxylamine groups is 1. The van der Waals surface area contributed by atoms with E-state index in [2.05, 4.69) is 5.48 Å². The second-order valence-corrected chi connectivity index (χ2v) is 5.87. The van der Waals surface area contributed by atoms with Crippen LogP contribution in [-0.2, 0) is 19.1 Å². The number of rotatable bonds is 6. The lowest BCUT2D eigenvalue weighted by Crippen LogP contribution is -2.26. The first-order valence-corrected chi connectivity index (χ1v) is 8.07. The van der Waals surface area contributed by atoms with Crippen LogP contribution < -0.4 is 5.48 Å². The zero-order valence-corrected chi connectivity index (χ0v) is 14.3. The maximum Gasteiger partial charge on any atom is 0.309 e. The van der Waals surface area contributed by atoms with Gasteiger partial charge < -0.3 is 9.47 Å². The van der Waals surface area contributed by atoms with Crippen LogP contribution in [-0.4, -0.2) is 32.4 Å². The summed E-state index contributed by atoms with van der Waals surface area (Å²) in [5, 5.41) is 0.892. The molecule has 0 unspecified atom stereocenters. The van der Waals surface area contributed by atoms with Gasteiger partial charge in [0.2, 0.25) is 0 Å². The zero-order chi connectivity index (χ0) is 16.7. The van der Waals surface area contributed by atoms with Crippen LogP contribution in [0.15, 0.2) is 24.3 Å². The molecule has 0 bridgehead atoms. The first-order valence-electron chi connectivity index (χ1n) is 7.32. The lowest BCUT2D eigenvalue weighted by atomic mass is 10.1. The van der Waals surface area contributed by atoms with Gasteiger partial charge in [-0.15, -0.1) is 0 Å². The maximum atomic E-state index is 11.9. The lowest BCUT2D eigenvalue weighted by Gasteiger charge is -2.22. The van der Waals surface area contributed by atoms with Gasteiger partial charge in [0.15, 0.2) is 0 Å². The highest BCUT2D eigenvalue weighted by molar-refractivity contribution is 6.42. The molecule has 1 heterocycles. The Hall–Kier alpha value is -1.27. The number of halogens is 2. The van der Waals surface area contributed by atoms with Gasteiger partial charge in [-0.1, -0.05) is 29.3 Å². The molecular weight excluding hydrogens is 341 g/mol. The minimum Gasteiger partial charge on any atom is -0.462 e. The normalized spacial score (nSPS) is 16.2. The topological polar surface area (TPSA) is 56.8 Å². The van der Waals surface area contributed by atoms with E-state index in [1.165, 1.54) is 7.11 Å². The second-order valence-electron chi connectivity index (χ2n) is 5.06. The smallest absolute Gasteiger partial charge is 0.309 e. The van der Waals surface area contributed by atoms with E-state index in [9.17, 15) is 4.79 Å². The highest BCUT2D eigenvalue weighted by Crippen LogP contribution is 2.25. The van der Waals surface area contributed by atoms with Crippen molar-refractivity contribution in [3.8, 4) is 0 Å². The SMILES string of the molecule is CON/C(=C\CC(=O)OC1CCOCC1)c1ccc(Cl)c(Cl)c1. The monoisotopic (exact) mass is 359 g/mol.